The van der Waals surface area contributed by atoms with Gasteiger partial charge in [-0.3, -0.25) is 0 Å². The maximum atomic E-state index is 9.96. The number of hydrogen-bond donors (Lipinski definition) is 1. The van der Waals surface area contributed by atoms with Gasteiger partial charge in [-0.2, -0.15) is 0 Å². The van der Waals surface area contributed by atoms with Crippen molar-refractivity contribution in [1.29, 1.82) is 0 Å². The zero-order valence-corrected chi connectivity index (χ0v) is 10.1. The zero-order valence-electron chi connectivity index (χ0n) is 10.1. The average molecular weight is 223 g/mol. The van der Waals surface area contributed by atoms with E-state index in [2.05, 4.69) is 4.90 Å². The van der Waals surface area contributed by atoms with Crippen LogP contribution in [0.2, 0.25) is 0 Å². The third-order valence-electron chi connectivity index (χ3n) is 2.49. The maximum absolute atomic E-state index is 9.96. The molecule has 0 aliphatic carbocycles. The van der Waals surface area contributed by atoms with Crippen LogP contribution in [0.1, 0.15) is 18.6 Å². The van der Waals surface area contributed by atoms with Crippen LogP contribution < -0.4 is 0 Å². The van der Waals surface area contributed by atoms with E-state index in [1.165, 1.54) is 0 Å². The Bertz CT molecular complexity index is 277. The van der Waals surface area contributed by atoms with Crippen molar-refractivity contribution in [3.8, 4) is 0 Å². The molecule has 0 heterocycles. The fourth-order valence-electron chi connectivity index (χ4n) is 1.53. The Morgan fingerprint density at radius 2 is 2.00 bits per heavy atom. The van der Waals surface area contributed by atoms with Crippen LogP contribution in [0, 0.1) is 0 Å². The molecule has 0 bridgehead atoms. The molecule has 1 atom stereocenters. The van der Waals surface area contributed by atoms with Crippen LogP contribution in [0.5, 0.6) is 0 Å². The Morgan fingerprint density at radius 3 is 2.62 bits per heavy atom. The zero-order chi connectivity index (χ0) is 11.8. The molecule has 1 aromatic rings. The Morgan fingerprint density at radius 1 is 1.31 bits per heavy atom. The second-order valence-corrected chi connectivity index (χ2v) is 3.89. The maximum Gasteiger partial charge on any atom is 0.0916 e. The van der Waals surface area contributed by atoms with E-state index in [0.29, 0.717) is 13.2 Å². The quantitative estimate of drug-likeness (QED) is 0.714. The number of likely N-dealkylation sites (N-methyl/N-ethyl adjacent to an activating group) is 1. The highest BCUT2D eigenvalue weighted by Crippen LogP contribution is 2.12. The molecular weight excluding hydrogens is 202 g/mol. The Kier molecular flexibility index (Phi) is 6.08. The van der Waals surface area contributed by atoms with Crippen molar-refractivity contribution in [2.24, 2.45) is 0 Å². The Labute approximate surface area is 97.7 Å². The van der Waals surface area contributed by atoms with Crippen molar-refractivity contribution in [3.05, 3.63) is 35.9 Å². The molecule has 1 N–H and O–H groups in total. The first-order valence-corrected chi connectivity index (χ1v) is 5.73. The van der Waals surface area contributed by atoms with Gasteiger partial charge >= 0.3 is 0 Å². The first-order chi connectivity index (χ1) is 7.74. The molecule has 0 fully saturated rings. The van der Waals surface area contributed by atoms with Gasteiger partial charge in [0.1, 0.15) is 0 Å². The van der Waals surface area contributed by atoms with Gasteiger partial charge in [-0.1, -0.05) is 30.3 Å². The number of benzene rings is 1. The molecule has 0 aliphatic rings. The molecule has 0 saturated heterocycles. The van der Waals surface area contributed by atoms with E-state index in [9.17, 15) is 5.11 Å². The molecular formula is C13H21NO2. The summed E-state index contributed by atoms with van der Waals surface area (Å²) in [5, 5.41) is 9.96. The van der Waals surface area contributed by atoms with Gasteiger partial charge in [-0.05, 0) is 19.5 Å². The summed E-state index contributed by atoms with van der Waals surface area (Å²) in [7, 11) is 1.99. The summed E-state index contributed by atoms with van der Waals surface area (Å²) in [6, 6.07) is 9.73. The van der Waals surface area contributed by atoms with Gasteiger partial charge in [-0.15, -0.1) is 0 Å². The molecule has 3 heteroatoms. The number of nitrogens with zero attached hydrogens (tertiary/aromatic N) is 1. The average Bonchev–Trinajstić information content (AvgIpc) is 2.30. The lowest BCUT2D eigenvalue weighted by atomic mass is 10.1. The monoisotopic (exact) mass is 223 g/mol. The summed E-state index contributed by atoms with van der Waals surface area (Å²) < 4.78 is 5.27. The molecule has 1 aromatic carbocycles. The summed E-state index contributed by atoms with van der Waals surface area (Å²) in [5.41, 5.74) is 0.964. The van der Waals surface area contributed by atoms with Crippen LogP contribution in [-0.4, -0.2) is 43.4 Å². The molecule has 0 radical (unpaired) electrons. The third kappa shape index (κ3) is 4.75. The molecule has 1 unspecified atom stereocenters. The lowest BCUT2D eigenvalue weighted by Crippen LogP contribution is -2.28. The predicted octanol–water partition coefficient (Wildman–Crippen LogP) is 1.69. The van der Waals surface area contributed by atoms with E-state index in [0.717, 1.165) is 18.7 Å². The number of ether oxygens (including phenoxy) is 1. The van der Waals surface area contributed by atoms with E-state index in [-0.39, 0.29) is 0 Å². The highest BCUT2D eigenvalue weighted by Gasteiger charge is 2.09. The number of hydrogen-bond acceptors (Lipinski definition) is 3. The van der Waals surface area contributed by atoms with Gasteiger partial charge in [-0.25, -0.2) is 0 Å². The van der Waals surface area contributed by atoms with E-state index in [1.54, 1.807) is 0 Å². The van der Waals surface area contributed by atoms with E-state index in [4.69, 9.17) is 4.74 Å². The molecule has 1 rings (SSSR count). The fourth-order valence-corrected chi connectivity index (χ4v) is 1.53. The second-order valence-electron chi connectivity index (χ2n) is 3.89. The molecule has 0 aliphatic heterocycles. The molecule has 90 valence electrons. The minimum absolute atomic E-state index is 0.423. The standard InChI is InChI=1S/C13H21NO2/c1-3-16-10-9-14(2)11-13(15)12-7-5-4-6-8-12/h4-8,13,15H,3,9-11H2,1-2H3. The molecule has 3 nitrogen and oxygen atoms in total. The fraction of sp³-hybridized carbons (Fsp3) is 0.538. The van der Waals surface area contributed by atoms with Gasteiger partial charge in [0.15, 0.2) is 0 Å². The van der Waals surface area contributed by atoms with Crippen molar-refractivity contribution in [2.75, 3.05) is 33.4 Å². The predicted molar refractivity (Wildman–Crippen MR) is 65.4 cm³/mol. The van der Waals surface area contributed by atoms with Crippen molar-refractivity contribution in [1.82, 2.24) is 4.90 Å². The Balaban J connectivity index is 2.31. The summed E-state index contributed by atoms with van der Waals surface area (Å²) in [4.78, 5) is 2.08. The highest BCUT2D eigenvalue weighted by molar-refractivity contribution is 5.17. The minimum Gasteiger partial charge on any atom is -0.387 e. The lowest BCUT2D eigenvalue weighted by molar-refractivity contribution is 0.0891. The SMILES string of the molecule is CCOCCN(C)CC(O)c1ccccc1. The largest absolute Gasteiger partial charge is 0.387 e. The van der Waals surface area contributed by atoms with Crippen LogP contribution in [-0.2, 0) is 4.74 Å². The normalized spacial score (nSPS) is 13.0. The second kappa shape index (κ2) is 7.39. The smallest absolute Gasteiger partial charge is 0.0916 e. The Hall–Kier alpha value is -0.900. The minimum atomic E-state index is -0.423. The van der Waals surface area contributed by atoms with Crippen molar-refractivity contribution in [2.45, 2.75) is 13.0 Å². The number of rotatable bonds is 7. The van der Waals surface area contributed by atoms with Gasteiger partial charge in [0.25, 0.3) is 0 Å². The molecule has 0 saturated carbocycles. The van der Waals surface area contributed by atoms with Crippen molar-refractivity contribution >= 4 is 0 Å². The van der Waals surface area contributed by atoms with E-state index < -0.39 is 6.10 Å². The van der Waals surface area contributed by atoms with Crippen molar-refractivity contribution in [3.63, 3.8) is 0 Å². The van der Waals surface area contributed by atoms with E-state index in [1.807, 2.05) is 44.3 Å². The first kappa shape index (κ1) is 13.2. The lowest BCUT2D eigenvalue weighted by Gasteiger charge is -2.20. The van der Waals surface area contributed by atoms with Crippen LogP contribution in [0.25, 0.3) is 0 Å². The molecule has 0 spiro atoms. The summed E-state index contributed by atoms with van der Waals surface area (Å²) in [5.74, 6) is 0. The van der Waals surface area contributed by atoms with Crippen LogP contribution in [0.15, 0.2) is 30.3 Å². The molecule has 0 amide bonds. The van der Waals surface area contributed by atoms with Gasteiger partial charge in [0, 0.05) is 19.7 Å². The van der Waals surface area contributed by atoms with Crippen LogP contribution >= 0.6 is 0 Å². The van der Waals surface area contributed by atoms with Gasteiger partial charge in [0.05, 0.1) is 12.7 Å². The van der Waals surface area contributed by atoms with E-state index >= 15 is 0 Å². The van der Waals surface area contributed by atoms with Gasteiger partial charge < -0.3 is 14.7 Å². The van der Waals surface area contributed by atoms with Crippen LogP contribution in [0.4, 0.5) is 0 Å². The third-order valence-corrected chi connectivity index (χ3v) is 2.49. The summed E-state index contributed by atoms with van der Waals surface area (Å²) >= 11 is 0. The highest BCUT2D eigenvalue weighted by atomic mass is 16.5. The summed E-state index contributed by atoms with van der Waals surface area (Å²) in [6.07, 6.45) is -0.423. The summed E-state index contributed by atoms with van der Waals surface area (Å²) in [6.45, 7) is 4.93. The first-order valence-electron chi connectivity index (χ1n) is 5.73. The van der Waals surface area contributed by atoms with Crippen LogP contribution in [0.3, 0.4) is 0 Å². The molecule has 0 aromatic heterocycles. The van der Waals surface area contributed by atoms with Gasteiger partial charge in [0.2, 0.25) is 0 Å². The van der Waals surface area contributed by atoms with Crippen molar-refractivity contribution < 1.29 is 9.84 Å². The topological polar surface area (TPSA) is 32.7 Å². The molecule has 16 heavy (non-hydrogen) atoms. The number of aliphatic hydroxyl groups is 1. The number of aliphatic hydroxyl groups excluding tert-OH is 1.